The SMILES string of the molecule is CC(C)c1ccc(C=NN2C(=O)CSC2=S)cc1. The molecule has 1 fully saturated rings. The minimum atomic E-state index is -0.0555. The van der Waals surface area contributed by atoms with Gasteiger partial charge in [0.05, 0.1) is 12.0 Å². The first kappa shape index (κ1) is 13.2. The average molecular weight is 278 g/mol. The van der Waals surface area contributed by atoms with Crippen LogP contribution in [-0.4, -0.2) is 27.2 Å². The lowest BCUT2D eigenvalue weighted by atomic mass is 10.0. The number of hydrazone groups is 1. The van der Waals surface area contributed by atoms with Crippen molar-refractivity contribution in [2.75, 3.05) is 5.75 Å². The summed E-state index contributed by atoms with van der Waals surface area (Å²) in [5.41, 5.74) is 2.25. The van der Waals surface area contributed by atoms with Crippen LogP contribution in [0.3, 0.4) is 0 Å². The molecule has 1 heterocycles. The second-order valence-corrected chi connectivity index (χ2v) is 5.94. The van der Waals surface area contributed by atoms with Gasteiger partial charge in [0.15, 0.2) is 4.32 Å². The van der Waals surface area contributed by atoms with Crippen molar-refractivity contribution < 1.29 is 4.79 Å². The maximum Gasteiger partial charge on any atom is 0.259 e. The molecule has 1 aliphatic rings. The standard InChI is InChI=1S/C13H14N2OS2/c1-9(2)11-5-3-10(4-6-11)7-14-15-12(16)8-18-13(15)17/h3-7,9H,8H2,1-2H3. The van der Waals surface area contributed by atoms with E-state index in [-0.39, 0.29) is 5.91 Å². The Hall–Kier alpha value is -1.20. The van der Waals surface area contributed by atoms with Gasteiger partial charge in [-0.25, -0.2) is 0 Å². The molecule has 0 atom stereocenters. The van der Waals surface area contributed by atoms with Crippen molar-refractivity contribution in [3.05, 3.63) is 35.4 Å². The monoisotopic (exact) mass is 278 g/mol. The number of nitrogens with zero attached hydrogens (tertiary/aromatic N) is 2. The summed E-state index contributed by atoms with van der Waals surface area (Å²) in [7, 11) is 0. The lowest BCUT2D eigenvalue weighted by Gasteiger charge is -2.07. The quantitative estimate of drug-likeness (QED) is 0.629. The Morgan fingerprint density at radius 3 is 2.56 bits per heavy atom. The number of carbonyl (C=O) groups is 1. The zero-order valence-electron chi connectivity index (χ0n) is 10.3. The third-order valence-electron chi connectivity index (χ3n) is 2.65. The number of rotatable bonds is 3. The van der Waals surface area contributed by atoms with Crippen LogP contribution in [0.1, 0.15) is 30.9 Å². The van der Waals surface area contributed by atoms with E-state index in [1.54, 1.807) is 6.21 Å². The van der Waals surface area contributed by atoms with Crippen molar-refractivity contribution in [2.24, 2.45) is 5.10 Å². The molecule has 0 N–H and O–H groups in total. The molecule has 0 radical (unpaired) electrons. The highest BCUT2D eigenvalue weighted by Crippen LogP contribution is 2.19. The first-order chi connectivity index (χ1) is 8.58. The molecule has 1 amide bonds. The Bertz CT molecular complexity index is 478. The highest BCUT2D eigenvalue weighted by molar-refractivity contribution is 8.23. The summed E-state index contributed by atoms with van der Waals surface area (Å²) < 4.78 is 0.523. The molecule has 1 aliphatic heterocycles. The van der Waals surface area contributed by atoms with Crippen LogP contribution >= 0.6 is 24.0 Å². The van der Waals surface area contributed by atoms with E-state index in [1.165, 1.54) is 22.3 Å². The predicted octanol–water partition coefficient (Wildman–Crippen LogP) is 3.00. The van der Waals surface area contributed by atoms with Gasteiger partial charge in [0, 0.05) is 0 Å². The maximum atomic E-state index is 11.5. The van der Waals surface area contributed by atoms with Gasteiger partial charge < -0.3 is 0 Å². The number of thiocarbonyl (C=S) groups is 1. The fourth-order valence-electron chi connectivity index (χ4n) is 1.55. The van der Waals surface area contributed by atoms with Gasteiger partial charge in [0.1, 0.15) is 0 Å². The van der Waals surface area contributed by atoms with E-state index < -0.39 is 0 Å². The van der Waals surface area contributed by atoms with Gasteiger partial charge in [-0.3, -0.25) is 4.79 Å². The van der Waals surface area contributed by atoms with Crippen molar-refractivity contribution in [3.8, 4) is 0 Å². The summed E-state index contributed by atoms with van der Waals surface area (Å²) in [6.45, 7) is 4.31. The molecule has 0 unspecified atom stereocenters. The number of benzene rings is 1. The molecule has 0 spiro atoms. The minimum absolute atomic E-state index is 0.0555. The van der Waals surface area contributed by atoms with E-state index in [0.29, 0.717) is 16.0 Å². The van der Waals surface area contributed by atoms with E-state index in [4.69, 9.17) is 12.2 Å². The Balaban J connectivity index is 2.09. The zero-order chi connectivity index (χ0) is 13.1. The molecule has 0 bridgehead atoms. The predicted molar refractivity (Wildman–Crippen MR) is 80.0 cm³/mol. The molecule has 1 saturated heterocycles. The Morgan fingerprint density at radius 2 is 2.06 bits per heavy atom. The number of hydrogen-bond acceptors (Lipinski definition) is 4. The summed E-state index contributed by atoms with van der Waals surface area (Å²) in [5, 5.41) is 5.41. The summed E-state index contributed by atoms with van der Waals surface area (Å²) in [4.78, 5) is 11.5. The van der Waals surface area contributed by atoms with Crippen LogP contribution in [0.4, 0.5) is 0 Å². The van der Waals surface area contributed by atoms with Crippen molar-refractivity contribution in [1.82, 2.24) is 5.01 Å². The van der Waals surface area contributed by atoms with Crippen molar-refractivity contribution in [2.45, 2.75) is 19.8 Å². The molecule has 3 nitrogen and oxygen atoms in total. The number of hydrogen-bond donors (Lipinski definition) is 0. The lowest BCUT2D eigenvalue weighted by Crippen LogP contribution is -2.22. The van der Waals surface area contributed by atoms with Gasteiger partial charge >= 0.3 is 0 Å². The summed E-state index contributed by atoms with van der Waals surface area (Å²) in [5.74, 6) is 0.850. The van der Waals surface area contributed by atoms with Crippen molar-refractivity contribution in [3.63, 3.8) is 0 Å². The second-order valence-electron chi connectivity index (χ2n) is 4.33. The molecule has 0 aliphatic carbocycles. The van der Waals surface area contributed by atoms with E-state index in [2.05, 4.69) is 31.1 Å². The van der Waals surface area contributed by atoms with Gasteiger partial charge in [-0.2, -0.15) is 10.1 Å². The molecule has 1 aromatic carbocycles. The van der Waals surface area contributed by atoms with Crippen molar-refractivity contribution in [1.29, 1.82) is 0 Å². The van der Waals surface area contributed by atoms with Crippen LogP contribution in [0.2, 0.25) is 0 Å². The first-order valence-electron chi connectivity index (χ1n) is 5.71. The van der Waals surface area contributed by atoms with Crippen LogP contribution in [0.15, 0.2) is 29.4 Å². The highest BCUT2D eigenvalue weighted by atomic mass is 32.2. The molecule has 94 valence electrons. The Labute approximate surface area is 116 Å². The van der Waals surface area contributed by atoms with Gasteiger partial charge in [0.2, 0.25) is 0 Å². The fraction of sp³-hybridized carbons (Fsp3) is 0.308. The lowest BCUT2D eigenvalue weighted by molar-refractivity contribution is -0.123. The van der Waals surface area contributed by atoms with Crippen molar-refractivity contribution >= 4 is 40.4 Å². The van der Waals surface area contributed by atoms with Crippen LogP contribution in [0.25, 0.3) is 0 Å². The van der Waals surface area contributed by atoms with Gasteiger partial charge in [-0.15, -0.1) is 0 Å². The molecule has 0 saturated carbocycles. The van der Waals surface area contributed by atoms with Crippen LogP contribution in [0.5, 0.6) is 0 Å². The third-order valence-corrected chi connectivity index (χ3v) is 3.99. The first-order valence-corrected chi connectivity index (χ1v) is 7.11. The van der Waals surface area contributed by atoms with Crippen LogP contribution in [-0.2, 0) is 4.79 Å². The smallest absolute Gasteiger partial charge is 0.259 e. The minimum Gasteiger partial charge on any atom is -0.272 e. The Kier molecular flexibility index (Phi) is 4.14. The molecule has 18 heavy (non-hydrogen) atoms. The summed E-state index contributed by atoms with van der Waals surface area (Å²) in [6, 6.07) is 8.14. The number of amides is 1. The number of carbonyl (C=O) groups excluding carboxylic acids is 1. The normalized spacial score (nSPS) is 16.3. The van der Waals surface area contributed by atoms with Gasteiger partial charge in [-0.1, -0.05) is 62.1 Å². The number of thioether (sulfide) groups is 1. The van der Waals surface area contributed by atoms with Crippen LogP contribution in [0, 0.1) is 0 Å². The van der Waals surface area contributed by atoms with E-state index in [1.807, 2.05) is 12.1 Å². The largest absolute Gasteiger partial charge is 0.272 e. The third kappa shape index (κ3) is 2.97. The van der Waals surface area contributed by atoms with E-state index in [9.17, 15) is 4.79 Å². The van der Waals surface area contributed by atoms with Crippen LogP contribution < -0.4 is 0 Å². The fourth-order valence-corrected chi connectivity index (χ4v) is 2.52. The van der Waals surface area contributed by atoms with Gasteiger partial charge in [0.25, 0.3) is 5.91 Å². The zero-order valence-corrected chi connectivity index (χ0v) is 11.9. The summed E-state index contributed by atoms with van der Waals surface area (Å²) >= 11 is 6.39. The maximum absolute atomic E-state index is 11.5. The molecule has 1 aromatic rings. The molecule has 0 aromatic heterocycles. The molecular formula is C13H14N2OS2. The highest BCUT2D eigenvalue weighted by Gasteiger charge is 2.25. The molecule has 2 rings (SSSR count). The Morgan fingerprint density at radius 1 is 1.39 bits per heavy atom. The molecular weight excluding hydrogens is 264 g/mol. The van der Waals surface area contributed by atoms with E-state index >= 15 is 0 Å². The van der Waals surface area contributed by atoms with E-state index in [0.717, 1.165) is 5.56 Å². The van der Waals surface area contributed by atoms with Gasteiger partial charge in [-0.05, 0) is 17.0 Å². The second kappa shape index (κ2) is 5.63. The summed E-state index contributed by atoms with van der Waals surface area (Å²) in [6.07, 6.45) is 1.67. The average Bonchev–Trinajstić information content (AvgIpc) is 2.67. The topological polar surface area (TPSA) is 32.7 Å². The molecule has 5 heteroatoms.